The first-order chi connectivity index (χ1) is 11.8. The summed E-state index contributed by atoms with van der Waals surface area (Å²) in [5.74, 6) is 0.200. The SMILES string of the molecule is O=C(c1c[nH]c2ccccc12)[C@H]([NH2+]C1CCCC1)c1ccccc1. The van der Waals surface area contributed by atoms with Gasteiger partial charge in [-0.15, -0.1) is 0 Å². The number of nitrogens with two attached hydrogens (primary N) is 1. The lowest BCUT2D eigenvalue weighted by Crippen LogP contribution is -2.91. The van der Waals surface area contributed by atoms with Crippen molar-refractivity contribution in [2.45, 2.75) is 37.8 Å². The van der Waals surface area contributed by atoms with Crippen LogP contribution in [0.4, 0.5) is 0 Å². The zero-order valence-corrected chi connectivity index (χ0v) is 13.7. The molecule has 1 fully saturated rings. The molecule has 1 aromatic heterocycles. The summed E-state index contributed by atoms with van der Waals surface area (Å²) in [5, 5.41) is 3.31. The number of ketones is 1. The number of Topliss-reactive ketones (excluding diaryl/α,β-unsaturated/α-hetero) is 1. The number of para-hydroxylation sites is 1. The van der Waals surface area contributed by atoms with Crippen LogP contribution in [0.5, 0.6) is 0 Å². The predicted molar refractivity (Wildman–Crippen MR) is 96.0 cm³/mol. The monoisotopic (exact) mass is 319 g/mol. The molecule has 3 nitrogen and oxygen atoms in total. The van der Waals surface area contributed by atoms with Gasteiger partial charge in [-0.1, -0.05) is 48.5 Å². The maximum Gasteiger partial charge on any atom is 0.226 e. The Labute approximate surface area is 142 Å². The minimum absolute atomic E-state index is 0.159. The van der Waals surface area contributed by atoms with Gasteiger partial charge in [0.15, 0.2) is 6.04 Å². The van der Waals surface area contributed by atoms with E-state index in [1.165, 1.54) is 25.7 Å². The minimum Gasteiger partial charge on any atom is -0.360 e. The summed E-state index contributed by atoms with van der Waals surface area (Å²) in [6.45, 7) is 0. The molecule has 0 aliphatic heterocycles. The van der Waals surface area contributed by atoms with Crippen molar-refractivity contribution in [1.82, 2.24) is 4.98 Å². The van der Waals surface area contributed by atoms with Crippen LogP contribution in [0.2, 0.25) is 0 Å². The first-order valence-corrected chi connectivity index (χ1v) is 8.83. The summed E-state index contributed by atoms with van der Waals surface area (Å²) in [5.41, 5.74) is 2.92. The average Bonchev–Trinajstić information content (AvgIpc) is 3.29. The fourth-order valence-corrected chi connectivity index (χ4v) is 3.88. The van der Waals surface area contributed by atoms with E-state index in [-0.39, 0.29) is 11.8 Å². The number of aromatic nitrogens is 1. The van der Waals surface area contributed by atoms with Crippen molar-refractivity contribution in [3.8, 4) is 0 Å². The summed E-state index contributed by atoms with van der Waals surface area (Å²) < 4.78 is 0. The van der Waals surface area contributed by atoms with Crippen molar-refractivity contribution in [2.75, 3.05) is 0 Å². The van der Waals surface area contributed by atoms with E-state index in [1.807, 2.05) is 48.7 Å². The molecule has 122 valence electrons. The van der Waals surface area contributed by atoms with Gasteiger partial charge in [-0.2, -0.15) is 0 Å². The Hall–Kier alpha value is -2.39. The topological polar surface area (TPSA) is 49.5 Å². The van der Waals surface area contributed by atoms with Crippen molar-refractivity contribution in [2.24, 2.45) is 0 Å². The van der Waals surface area contributed by atoms with Gasteiger partial charge >= 0.3 is 0 Å². The third-order valence-electron chi connectivity index (χ3n) is 5.16. The summed E-state index contributed by atoms with van der Waals surface area (Å²) >= 11 is 0. The van der Waals surface area contributed by atoms with Crippen molar-refractivity contribution >= 4 is 16.7 Å². The molecule has 2 aromatic carbocycles. The molecule has 0 unspecified atom stereocenters. The van der Waals surface area contributed by atoms with Crippen molar-refractivity contribution in [3.05, 3.63) is 71.9 Å². The van der Waals surface area contributed by atoms with Gasteiger partial charge in [0, 0.05) is 28.2 Å². The minimum atomic E-state index is -0.159. The third-order valence-corrected chi connectivity index (χ3v) is 5.16. The Morgan fingerprint density at radius 3 is 2.50 bits per heavy atom. The van der Waals surface area contributed by atoms with E-state index in [0.29, 0.717) is 6.04 Å². The molecular formula is C21H23N2O+. The zero-order chi connectivity index (χ0) is 16.4. The molecule has 3 heteroatoms. The molecule has 1 aliphatic carbocycles. The van der Waals surface area contributed by atoms with E-state index >= 15 is 0 Å². The highest BCUT2D eigenvalue weighted by Gasteiger charge is 2.31. The molecule has 3 aromatic rings. The molecule has 0 spiro atoms. The molecule has 1 aliphatic rings. The number of nitrogens with one attached hydrogen (secondary N) is 1. The third kappa shape index (κ3) is 2.87. The van der Waals surface area contributed by atoms with Crippen molar-refractivity contribution < 1.29 is 10.1 Å². The second-order valence-electron chi connectivity index (χ2n) is 6.74. The quantitative estimate of drug-likeness (QED) is 0.694. The van der Waals surface area contributed by atoms with E-state index in [4.69, 9.17) is 0 Å². The van der Waals surface area contributed by atoms with Crippen LogP contribution < -0.4 is 5.32 Å². The smallest absolute Gasteiger partial charge is 0.226 e. The molecule has 0 bridgehead atoms. The first kappa shape index (κ1) is 15.2. The Kier molecular flexibility index (Phi) is 4.18. The van der Waals surface area contributed by atoms with E-state index in [2.05, 4.69) is 22.4 Å². The Balaban J connectivity index is 1.70. The van der Waals surface area contributed by atoms with Crippen LogP contribution in [0, 0.1) is 0 Å². The molecule has 1 atom stereocenters. The Morgan fingerprint density at radius 2 is 1.71 bits per heavy atom. The van der Waals surface area contributed by atoms with Crippen LogP contribution >= 0.6 is 0 Å². The van der Waals surface area contributed by atoms with Crippen LogP contribution in [0.15, 0.2) is 60.8 Å². The van der Waals surface area contributed by atoms with Crippen LogP contribution in [-0.2, 0) is 0 Å². The van der Waals surface area contributed by atoms with Gasteiger partial charge in [0.2, 0.25) is 5.78 Å². The molecule has 0 amide bonds. The van der Waals surface area contributed by atoms with Crippen LogP contribution in [0.3, 0.4) is 0 Å². The number of carbonyl (C=O) groups excluding carboxylic acids is 1. The number of quaternary nitrogens is 1. The molecular weight excluding hydrogens is 296 g/mol. The van der Waals surface area contributed by atoms with E-state index in [9.17, 15) is 4.79 Å². The van der Waals surface area contributed by atoms with Gasteiger partial charge in [-0.3, -0.25) is 4.79 Å². The predicted octanol–water partition coefficient (Wildman–Crippen LogP) is 3.60. The molecule has 4 rings (SSSR count). The van der Waals surface area contributed by atoms with Gasteiger partial charge in [0.05, 0.1) is 6.04 Å². The largest absolute Gasteiger partial charge is 0.360 e. The maximum absolute atomic E-state index is 13.4. The summed E-state index contributed by atoms with van der Waals surface area (Å²) in [4.78, 5) is 16.6. The number of aromatic amines is 1. The Morgan fingerprint density at radius 1 is 1.00 bits per heavy atom. The van der Waals surface area contributed by atoms with Gasteiger partial charge in [0.1, 0.15) is 0 Å². The van der Waals surface area contributed by atoms with E-state index in [0.717, 1.165) is 22.0 Å². The van der Waals surface area contributed by atoms with E-state index in [1.54, 1.807) is 0 Å². The maximum atomic E-state index is 13.4. The second kappa shape index (κ2) is 6.62. The molecule has 3 N–H and O–H groups in total. The van der Waals surface area contributed by atoms with Crippen LogP contribution in [-0.4, -0.2) is 16.8 Å². The highest BCUT2D eigenvalue weighted by Crippen LogP contribution is 2.24. The number of hydrogen-bond acceptors (Lipinski definition) is 1. The number of benzene rings is 2. The normalized spacial score (nSPS) is 16.5. The van der Waals surface area contributed by atoms with Gasteiger partial charge in [-0.05, 0) is 31.7 Å². The van der Waals surface area contributed by atoms with Gasteiger partial charge in [0.25, 0.3) is 0 Å². The fraction of sp³-hybridized carbons (Fsp3) is 0.286. The zero-order valence-electron chi connectivity index (χ0n) is 13.7. The molecule has 1 saturated carbocycles. The van der Waals surface area contributed by atoms with Crippen molar-refractivity contribution in [1.29, 1.82) is 0 Å². The lowest BCUT2D eigenvalue weighted by atomic mass is 9.96. The number of carbonyl (C=O) groups is 1. The van der Waals surface area contributed by atoms with Gasteiger partial charge in [-0.25, -0.2) is 0 Å². The van der Waals surface area contributed by atoms with Gasteiger partial charge < -0.3 is 10.3 Å². The number of rotatable bonds is 5. The van der Waals surface area contributed by atoms with Crippen LogP contribution in [0.25, 0.3) is 10.9 Å². The fourth-order valence-electron chi connectivity index (χ4n) is 3.88. The second-order valence-corrected chi connectivity index (χ2v) is 6.74. The number of fused-ring (bicyclic) bond motifs is 1. The molecule has 0 saturated heterocycles. The highest BCUT2D eigenvalue weighted by molar-refractivity contribution is 6.09. The first-order valence-electron chi connectivity index (χ1n) is 8.83. The lowest BCUT2D eigenvalue weighted by molar-refractivity contribution is -0.713. The van der Waals surface area contributed by atoms with E-state index < -0.39 is 0 Å². The van der Waals surface area contributed by atoms with Crippen LogP contribution in [0.1, 0.15) is 47.6 Å². The lowest BCUT2D eigenvalue weighted by Gasteiger charge is -2.19. The Bertz CT molecular complexity index is 831. The molecule has 0 radical (unpaired) electrons. The molecule has 1 heterocycles. The highest BCUT2D eigenvalue weighted by atomic mass is 16.1. The summed E-state index contributed by atoms with van der Waals surface area (Å²) in [6, 6.07) is 18.6. The van der Waals surface area contributed by atoms with Crippen molar-refractivity contribution in [3.63, 3.8) is 0 Å². The summed E-state index contributed by atoms with van der Waals surface area (Å²) in [6.07, 6.45) is 6.86. The molecule has 24 heavy (non-hydrogen) atoms. The summed E-state index contributed by atoms with van der Waals surface area (Å²) in [7, 11) is 0. The standard InChI is InChI=1S/C21H22N2O/c24-21(18-14-22-19-13-7-6-12-17(18)19)20(15-8-2-1-3-9-15)23-16-10-4-5-11-16/h1-3,6-9,12-14,16,20,22-23H,4-5,10-11H2/p+1/t20-/m1/s1. The average molecular weight is 319 g/mol. The number of hydrogen-bond donors (Lipinski definition) is 2. The number of H-pyrrole nitrogens is 1.